The van der Waals surface area contributed by atoms with Crippen molar-refractivity contribution in [2.24, 2.45) is 11.8 Å². The zero-order chi connectivity index (χ0) is 11.8. The number of hydrogen-bond donors (Lipinski definition) is 1. The molecule has 1 fully saturated rings. The van der Waals surface area contributed by atoms with Crippen LogP contribution < -0.4 is 5.32 Å². The standard InChI is InChI=1S/C14H27NO/c1-3-12(11-14(16)15-4-2)10-13-8-6-5-7-9-13/h12-13H,3-11H2,1-2H3,(H,15,16)/t12-/m1/s1. The first-order valence-electron chi connectivity index (χ1n) is 7.02. The molecule has 0 aromatic carbocycles. The number of carbonyl (C=O) groups is 1. The zero-order valence-electron chi connectivity index (χ0n) is 10.9. The number of nitrogens with one attached hydrogen (secondary N) is 1. The highest BCUT2D eigenvalue weighted by atomic mass is 16.1. The zero-order valence-corrected chi connectivity index (χ0v) is 10.9. The predicted octanol–water partition coefficient (Wildman–Crippen LogP) is 3.51. The molecule has 0 aromatic rings. The molecule has 1 N–H and O–H groups in total. The first kappa shape index (κ1) is 13.5. The van der Waals surface area contributed by atoms with E-state index >= 15 is 0 Å². The van der Waals surface area contributed by atoms with E-state index in [2.05, 4.69) is 12.2 Å². The Hall–Kier alpha value is -0.530. The summed E-state index contributed by atoms with van der Waals surface area (Å²) >= 11 is 0. The molecule has 0 unspecified atom stereocenters. The minimum atomic E-state index is 0.241. The summed E-state index contributed by atoms with van der Waals surface area (Å²) < 4.78 is 0. The molecule has 1 aliphatic rings. The molecule has 2 nitrogen and oxygen atoms in total. The quantitative estimate of drug-likeness (QED) is 0.736. The molecule has 1 rings (SSSR count). The second kappa shape index (κ2) is 7.70. The van der Waals surface area contributed by atoms with Crippen molar-refractivity contribution in [1.82, 2.24) is 5.32 Å². The Labute approximate surface area is 100 Å². The van der Waals surface area contributed by atoms with Gasteiger partial charge in [-0.25, -0.2) is 0 Å². The average Bonchev–Trinajstić information content (AvgIpc) is 2.30. The highest BCUT2D eigenvalue weighted by molar-refractivity contribution is 5.76. The predicted molar refractivity (Wildman–Crippen MR) is 68.3 cm³/mol. The van der Waals surface area contributed by atoms with E-state index in [1.54, 1.807) is 0 Å². The number of amides is 1. The monoisotopic (exact) mass is 225 g/mol. The number of hydrogen-bond acceptors (Lipinski definition) is 1. The summed E-state index contributed by atoms with van der Waals surface area (Å²) in [6.07, 6.45) is 10.2. The molecule has 0 aliphatic heterocycles. The molecule has 0 saturated heterocycles. The van der Waals surface area contributed by atoms with Gasteiger partial charge in [-0.05, 0) is 25.2 Å². The van der Waals surface area contributed by atoms with Gasteiger partial charge in [0.2, 0.25) is 5.91 Å². The molecule has 2 heteroatoms. The maximum atomic E-state index is 11.5. The molecule has 1 amide bonds. The van der Waals surface area contributed by atoms with E-state index in [-0.39, 0.29) is 5.91 Å². The fourth-order valence-corrected chi connectivity index (χ4v) is 2.82. The van der Waals surface area contributed by atoms with E-state index in [1.807, 2.05) is 6.92 Å². The Morgan fingerprint density at radius 3 is 2.50 bits per heavy atom. The van der Waals surface area contributed by atoms with Crippen LogP contribution in [0.2, 0.25) is 0 Å². The summed E-state index contributed by atoms with van der Waals surface area (Å²) in [6.45, 7) is 4.96. The van der Waals surface area contributed by atoms with Crippen LogP contribution >= 0.6 is 0 Å². The van der Waals surface area contributed by atoms with Crippen LogP contribution in [-0.4, -0.2) is 12.5 Å². The molecular formula is C14H27NO. The second-order valence-electron chi connectivity index (χ2n) is 5.17. The molecule has 1 aliphatic carbocycles. The minimum Gasteiger partial charge on any atom is -0.356 e. The third kappa shape index (κ3) is 5.00. The maximum Gasteiger partial charge on any atom is 0.220 e. The van der Waals surface area contributed by atoms with Crippen molar-refractivity contribution in [3.8, 4) is 0 Å². The van der Waals surface area contributed by atoms with Gasteiger partial charge in [0.1, 0.15) is 0 Å². The van der Waals surface area contributed by atoms with Crippen LogP contribution in [0.15, 0.2) is 0 Å². The van der Waals surface area contributed by atoms with Crippen LogP contribution in [-0.2, 0) is 4.79 Å². The van der Waals surface area contributed by atoms with Crippen molar-refractivity contribution in [3.05, 3.63) is 0 Å². The van der Waals surface area contributed by atoms with Crippen LogP contribution in [0, 0.1) is 11.8 Å². The number of carbonyl (C=O) groups excluding carboxylic acids is 1. The largest absolute Gasteiger partial charge is 0.356 e. The van der Waals surface area contributed by atoms with Gasteiger partial charge < -0.3 is 5.32 Å². The van der Waals surface area contributed by atoms with Gasteiger partial charge in [0, 0.05) is 13.0 Å². The van der Waals surface area contributed by atoms with E-state index < -0.39 is 0 Å². The Kier molecular flexibility index (Phi) is 6.51. The lowest BCUT2D eigenvalue weighted by Gasteiger charge is -2.25. The van der Waals surface area contributed by atoms with Gasteiger partial charge in [0.15, 0.2) is 0 Å². The topological polar surface area (TPSA) is 29.1 Å². The van der Waals surface area contributed by atoms with Crippen molar-refractivity contribution in [3.63, 3.8) is 0 Å². The van der Waals surface area contributed by atoms with Crippen LogP contribution in [0.5, 0.6) is 0 Å². The van der Waals surface area contributed by atoms with Crippen LogP contribution in [0.25, 0.3) is 0 Å². The van der Waals surface area contributed by atoms with E-state index in [1.165, 1.54) is 38.5 Å². The van der Waals surface area contributed by atoms with E-state index in [0.29, 0.717) is 5.92 Å². The first-order valence-corrected chi connectivity index (χ1v) is 7.02. The highest BCUT2D eigenvalue weighted by Gasteiger charge is 2.19. The molecule has 1 saturated carbocycles. The molecule has 0 heterocycles. The Morgan fingerprint density at radius 1 is 1.25 bits per heavy atom. The van der Waals surface area contributed by atoms with Crippen molar-refractivity contribution < 1.29 is 4.79 Å². The molecule has 1 atom stereocenters. The number of rotatable bonds is 6. The Bertz CT molecular complexity index is 197. The Balaban J connectivity index is 2.27. The summed E-state index contributed by atoms with van der Waals surface area (Å²) in [6, 6.07) is 0. The van der Waals surface area contributed by atoms with Crippen LogP contribution in [0.3, 0.4) is 0 Å². The summed E-state index contributed by atoms with van der Waals surface area (Å²) in [5.74, 6) is 1.74. The third-order valence-corrected chi connectivity index (χ3v) is 3.82. The summed E-state index contributed by atoms with van der Waals surface area (Å²) in [5, 5.41) is 2.91. The molecule has 0 spiro atoms. The lowest BCUT2D eigenvalue weighted by Crippen LogP contribution is -2.26. The van der Waals surface area contributed by atoms with Gasteiger partial charge in [0.25, 0.3) is 0 Å². The van der Waals surface area contributed by atoms with Gasteiger partial charge >= 0.3 is 0 Å². The average molecular weight is 225 g/mol. The lowest BCUT2D eigenvalue weighted by atomic mass is 9.81. The molecular weight excluding hydrogens is 198 g/mol. The smallest absolute Gasteiger partial charge is 0.220 e. The third-order valence-electron chi connectivity index (χ3n) is 3.82. The fraction of sp³-hybridized carbons (Fsp3) is 0.929. The van der Waals surface area contributed by atoms with Gasteiger partial charge in [0.05, 0.1) is 0 Å². The summed E-state index contributed by atoms with van der Waals surface area (Å²) in [4.78, 5) is 11.5. The minimum absolute atomic E-state index is 0.241. The summed E-state index contributed by atoms with van der Waals surface area (Å²) in [7, 11) is 0. The second-order valence-corrected chi connectivity index (χ2v) is 5.17. The van der Waals surface area contributed by atoms with Gasteiger partial charge in [-0.1, -0.05) is 45.4 Å². The lowest BCUT2D eigenvalue weighted by molar-refractivity contribution is -0.122. The highest BCUT2D eigenvalue weighted by Crippen LogP contribution is 2.31. The van der Waals surface area contributed by atoms with E-state index in [9.17, 15) is 4.79 Å². The van der Waals surface area contributed by atoms with E-state index in [0.717, 1.165) is 25.3 Å². The van der Waals surface area contributed by atoms with Crippen LogP contribution in [0.4, 0.5) is 0 Å². The van der Waals surface area contributed by atoms with Crippen molar-refractivity contribution in [2.45, 2.75) is 65.2 Å². The van der Waals surface area contributed by atoms with Gasteiger partial charge in [-0.15, -0.1) is 0 Å². The van der Waals surface area contributed by atoms with E-state index in [4.69, 9.17) is 0 Å². The van der Waals surface area contributed by atoms with Crippen molar-refractivity contribution >= 4 is 5.91 Å². The van der Waals surface area contributed by atoms with Gasteiger partial charge in [-0.2, -0.15) is 0 Å². The molecule has 16 heavy (non-hydrogen) atoms. The SMILES string of the molecule is CCNC(=O)C[C@H](CC)CC1CCCCC1. The molecule has 94 valence electrons. The van der Waals surface area contributed by atoms with Gasteiger partial charge in [-0.3, -0.25) is 4.79 Å². The normalized spacial score (nSPS) is 19.4. The fourth-order valence-electron chi connectivity index (χ4n) is 2.82. The molecule has 0 bridgehead atoms. The summed E-state index contributed by atoms with van der Waals surface area (Å²) in [5.41, 5.74) is 0. The molecule has 0 radical (unpaired) electrons. The van der Waals surface area contributed by atoms with Crippen molar-refractivity contribution in [2.75, 3.05) is 6.54 Å². The maximum absolute atomic E-state index is 11.5. The first-order chi connectivity index (χ1) is 7.76. The molecule has 0 aromatic heterocycles. The Morgan fingerprint density at radius 2 is 1.94 bits per heavy atom. The van der Waals surface area contributed by atoms with Crippen LogP contribution in [0.1, 0.15) is 65.2 Å². The van der Waals surface area contributed by atoms with Crippen molar-refractivity contribution in [1.29, 1.82) is 0 Å².